The minimum atomic E-state index is -0.495. The molecular weight excluding hydrogens is 604 g/mol. The second kappa shape index (κ2) is 15.3. The Bertz CT molecular complexity index is 1630. The second-order valence-electron chi connectivity index (χ2n) is 12.0. The number of benzene rings is 2. The molecule has 2 aromatic heterocycles. The Morgan fingerprint density at radius 3 is 1.40 bits per heavy atom. The van der Waals surface area contributed by atoms with E-state index in [-0.39, 0.29) is 36.5 Å². The quantitative estimate of drug-likeness (QED) is 0.235. The Kier molecular flexibility index (Phi) is 10.3. The minimum absolute atomic E-state index is 0.0910. The third-order valence-corrected chi connectivity index (χ3v) is 8.69. The zero-order valence-corrected chi connectivity index (χ0v) is 26.6. The molecule has 2 fully saturated rings. The summed E-state index contributed by atoms with van der Waals surface area (Å²) in [7, 11) is 0. The van der Waals surface area contributed by atoms with Gasteiger partial charge < -0.3 is 20.4 Å². The summed E-state index contributed by atoms with van der Waals surface area (Å²) in [5.41, 5.74) is 4.63. The largest absolute Gasteiger partial charge is 0.330 e. The first kappa shape index (κ1) is 32.3. The van der Waals surface area contributed by atoms with Gasteiger partial charge in [-0.05, 0) is 85.3 Å². The fourth-order valence-corrected chi connectivity index (χ4v) is 6.19. The van der Waals surface area contributed by atoms with Crippen molar-refractivity contribution in [3.8, 4) is 0 Å². The maximum absolute atomic E-state index is 13.1. The van der Waals surface area contributed by atoms with Gasteiger partial charge in [-0.25, -0.2) is 0 Å². The molecule has 48 heavy (non-hydrogen) atoms. The van der Waals surface area contributed by atoms with Gasteiger partial charge in [-0.1, -0.05) is 48.6 Å². The summed E-state index contributed by atoms with van der Waals surface area (Å²) in [6.07, 6.45) is 10.5. The number of hydrogen-bond acceptors (Lipinski definition) is 6. The van der Waals surface area contributed by atoms with Crippen molar-refractivity contribution in [3.63, 3.8) is 0 Å². The first-order chi connectivity index (χ1) is 23.4. The smallest absolute Gasteiger partial charge is 0.247 e. The molecule has 0 radical (unpaired) electrons. The van der Waals surface area contributed by atoms with Crippen LogP contribution in [0.2, 0.25) is 0 Å². The van der Waals surface area contributed by atoms with E-state index in [1.807, 2.05) is 97.1 Å². The Hall–Kier alpha value is -5.64. The highest BCUT2D eigenvalue weighted by Crippen LogP contribution is 2.23. The van der Waals surface area contributed by atoms with Crippen molar-refractivity contribution >= 4 is 47.2 Å². The summed E-state index contributed by atoms with van der Waals surface area (Å²) >= 11 is 0. The monoisotopic (exact) mass is 642 g/mol. The zero-order chi connectivity index (χ0) is 33.3. The number of carbonyl (C=O) groups excluding carboxylic acids is 4. The van der Waals surface area contributed by atoms with Gasteiger partial charge in [-0.15, -0.1) is 0 Å². The molecule has 6 rings (SSSR count). The lowest BCUT2D eigenvalue weighted by Gasteiger charge is -2.24. The fourth-order valence-electron chi connectivity index (χ4n) is 6.19. The molecule has 4 aromatic rings. The predicted octanol–water partition coefficient (Wildman–Crippen LogP) is 4.99. The van der Waals surface area contributed by atoms with Crippen LogP contribution in [0.4, 0.5) is 11.4 Å². The minimum Gasteiger partial charge on any atom is -0.330 e. The van der Waals surface area contributed by atoms with Crippen molar-refractivity contribution in [2.45, 2.75) is 50.6 Å². The van der Waals surface area contributed by atoms with Gasteiger partial charge in [0.1, 0.15) is 12.1 Å². The maximum atomic E-state index is 13.1. The Morgan fingerprint density at radius 2 is 1.02 bits per heavy atom. The van der Waals surface area contributed by atoms with E-state index in [0.29, 0.717) is 48.7 Å². The van der Waals surface area contributed by atoms with Crippen LogP contribution >= 0.6 is 0 Å². The van der Waals surface area contributed by atoms with Gasteiger partial charge in [0.15, 0.2) is 0 Å². The van der Waals surface area contributed by atoms with Gasteiger partial charge >= 0.3 is 0 Å². The van der Waals surface area contributed by atoms with Crippen LogP contribution < -0.4 is 10.6 Å². The third-order valence-electron chi connectivity index (χ3n) is 8.69. The predicted molar refractivity (Wildman–Crippen MR) is 184 cm³/mol. The maximum Gasteiger partial charge on any atom is 0.247 e. The lowest BCUT2D eigenvalue weighted by atomic mass is 10.1. The number of aromatic nitrogens is 2. The molecule has 0 unspecified atom stereocenters. The first-order valence-corrected chi connectivity index (χ1v) is 16.3. The molecule has 0 bridgehead atoms. The summed E-state index contributed by atoms with van der Waals surface area (Å²) < 4.78 is 0. The summed E-state index contributed by atoms with van der Waals surface area (Å²) in [6, 6.07) is 25.0. The van der Waals surface area contributed by atoms with Crippen molar-refractivity contribution in [3.05, 3.63) is 120 Å². The van der Waals surface area contributed by atoms with Crippen molar-refractivity contribution in [1.82, 2.24) is 19.8 Å². The molecule has 0 saturated carbocycles. The number of anilines is 2. The molecular formula is C38H38N6O4. The van der Waals surface area contributed by atoms with E-state index in [2.05, 4.69) is 20.6 Å². The third kappa shape index (κ3) is 8.19. The van der Waals surface area contributed by atoms with Crippen LogP contribution in [-0.4, -0.2) is 68.6 Å². The Labute approximate surface area is 279 Å². The van der Waals surface area contributed by atoms with Gasteiger partial charge in [0, 0.05) is 48.2 Å². The summed E-state index contributed by atoms with van der Waals surface area (Å²) in [5.74, 6) is -0.554. The number of likely N-dealkylation sites (tertiary alicyclic amines) is 2. The van der Waals surface area contributed by atoms with Gasteiger partial charge in [0.2, 0.25) is 23.6 Å². The molecule has 2 aliphatic rings. The number of nitrogens with one attached hydrogen (secondary N) is 2. The fraction of sp³-hybridized carbons (Fsp3) is 0.263. The van der Waals surface area contributed by atoms with Crippen molar-refractivity contribution in [1.29, 1.82) is 0 Å². The SMILES string of the molecule is O=C(Nc1ccc(/C=C/c2ccc(NC(=O)[C@@H]3CCCN3C(=O)Cc3ccccn3)cc2)cc1)[C@@H]1CCCN1C(=O)Cc1ccccn1. The highest BCUT2D eigenvalue weighted by Gasteiger charge is 2.35. The van der Waals surface area contributed by atoms with Gasteiger partial charge in [0.25, 0.3) is 0 Å². The highest BCUT2D eigenvalue weighted by atomic mass is 16.2. The van der Waals surface area contributed by atoms with Crippen LogP contribution in [0.3, 0.4) is 0 Å². The molecule has 10 heteroatoms. The topological polar surface area (TPSA) is 125 Å². The number of carbonyl (C=O) groups is 4. The molecule has 2 atom stereocenters. The standard InChI is InChI=1S/C38H38N6O4/c45-35(25-31-7-1-3-21-39-31)43-23-5-9-33(43)37(47)41-29-17-13-27(14-18-29)11-12-28-15-19-30(20-16-28)42-38(48)34-10-6-24-44(34)36(46)26-32-8-2-4-22-40-32/h1-4,7-8,11-22,33-34H,5-6,9-10,23-26H2,(H,41,47)(H,42,48)/b12-11+/t33-,34-/m0/s1. The number of amides is 4. The molecule has 2 saturated heterocycles. The molecule has 2 aliphatic heterocycles. The van der Waals surface area contributed by atoms with Gasteiger partial charge in [-0.2, -0.15) is 0 Å². The Balaban J connectivity index is 0.985. The van der Waals surface area contributed by atoms with E-state index < -0.39 is 12.1 Å². The van der Waals surface area contributed by atoms with Crippen molar-refractivity contribution < 1.29 is 19.2 Å². The Morgan fingerprint density at radius 1 is 0.604 bits per heavy atom. The summed E-state index contributed by atoms with van der Waals surface area (Å²) in [4.78, 5) is 63.7. The molecule has 4 amide bonds. The van der Waals surface area contributed by atoms with E-state index >= 15 is 0 Å². The number of pyridine rings is 2. The molecule has 4 heterocycles. The normalized spacial score (nSPS) is 17.4. The highest BCUT2D eigenvalue weighted by molar-refractivity contribution is 5.98. The summed E-state index contributed by atoms with van der Waals surface area (Å²) in [5, 5.41) is 5.93. The number of rotatable bonds is 10. The van der Waals surface area contributed by atoms with E-state index in [9.17, 15) is 19.2 Å². The molecule has 2 N–H and O–H groups in total. The van der Waals surface area contributed by atoms with Gasteiger partial charge in [-0.3, -0.25) is 29.1 Å². The summed E-state index contributed by atoms with van der Waals surface area (Å²) in [6.45, 7) is 1.13. The van der Waals surface area contributed by atoms with Crippen LogP contribution in [0, 0.1) is 0 Å². The van der Waals surface area contributed by atoms with E-state index in [4.69, 9.17) is 0 Å². The average Bonchev–Trinajstić information content (AvgIpc) is 3.81. The molecule has 0 aliphatic carbocycles. The van der Waals surface area contributed by atoms with Gasteiger partial charge in [0.05, 0.1) is 12.8 Å². The number of hydrogen-bond donors (Lipinski definition) is 2. The van der Waals surface area contributed by atoms with Crippen molar-refractivity contribution in [2.24, 2.45) is 0 Å². The first-order valence-electron chi connectivity index (χ1n) is 16.3. The molecule has 0 spiro atoms. The van der Waals surface area contributed by atoms with Crippen LogP contribution in [0.1, 0.15) is 48.2 Å². The van der Waals surface area contributed by atoms with Crippen molar-refractivity contribution in [2.75, 3.05) is 23.7 Å². The number of nitrogens with zero attached hydrogens (tertiary/aromatic N) is 4. The second-order valence-corrected chi connectivity index (χ2v) is 12.0. The average molecular weight is 643 g/mol. The zero-order valence-electron chi connectivity index (χ0n) is 26.6. The lowest BCUT2D eigenvalue weighted by Crippen LogP contribution is -2.43. The molecule has 2 aromatic carbocycles. The lowest BCUT2D eigenvalue weighted by molar-refractivity contribution is -0.136. The van der Waals surface area contributed by atoms with Crippen LogP contribution in [0.15, 0.2) is 97.3 Å². The molecule has 244 valence electrons. The van der Waals surface area contributed by atoms with E-state index in [1.165, 1.54) is 0 Å². The van der Waals surface area contributed by atoms with E-state index in [1.54, 1.807) is 22.2 Å². The van der Waals surface area contributed by atoms with Crippen LogP contribution in [0.5, 0.6) is 0 Å². The van der Waals surface area contributed by atoms with Crippen LogP contribution in [-0.2, 0) is 32.0 Å². The molecule has 10 nitrogen and oxygen atoms in total. The van der Waals surface area contributed by atoms with Crippen LogP contribution in [0.25, 0.3) is 12.2 Å². The van der Waals surface area contributed by atoms with E-state index in [0.717, 1.165) is 24.0 Å².